The van der Waals surface area contributed by atoms with Crippen molar-refractivity contribution in [3.63, 3.8) is 0 Å². The van der Waals surface area contributed by atoms with Gasteiger partial charge in [-0.05, 0) is 57.0 Å². The van der Waals surface area contributed by atoms with E-state index in [1.165, 1.54) is 31.4 Å². The maximum atomic E-state index is 6.43. The molecule has 5 rings (SSSR count). The molecule has 2 bridgehead atoms. The molecule has 112 valence electrons. The molecule has 1 aromatic carbocycles. The van der Waals surface area contributed by atoms with Gasteiger partial charge in [-0.2, -0.15) is 0 Å². The SMILES string of the molecule is CC(Cl)c1nc2cc(Br)ccc2n1C1CN2CCC1CC2. The molecule has 3 aliphatic heterocycles. The summed E-state index contributed by atoms with van der Waals surface area (Å²) in [6.45, 7) is 5.68. The summed E-state index contributed by atoms with van der Waals surface area (Å²) in [5.41, 5.74) is 2.27. The molecule has 5 heteroatoms. The minimum atomic E-state index is -0.0633. The first-order chi connectivity index (χ1) is 10.1. The zero-order valence-electron chi connectivity index (χ0n) is 12.1. The number of alkyl halides is 1. The fourth-order valence-electron chi connectivity index (χ4n) is 3.95. The van der Waals surface area contributed by atoms with E-state index in [2.05, 4.69) is 43.6 Å². The normalized spacial score (nSPS) is 30.0. The van der Waals surface area contributed by atoms with E-state index in [1.54, 1.807) is 0 Å². The van der Waals surface area contributed by atoms with Crippen LogP contribution in [0.2, 0.25) is 0 Å². The lowest BCUT2D eigenvalue weighted by atomic mass is 9.83. The second kappa shape index (κ2) is 5.25. The van der Waals surface area contributed by atoms with E-state index >= 15 is 0 Å². The smallest absolute Gasteiger partial charge is 0.128 e. The summed E-state index contributed by atoms with van der Waals surface area (Å²) in [6.07, 6.45) is 2.61. The molecular formula is C16H19BrClN3. The number of benzene rings is 1. The van der Waals surface area contributed by atoms with Crippen LogP contribution in [0.3, 0.4) is 0 Å². The molecule has 1 aromatic heterocycles. The molecule has 0 radical (unpaired) electrons. The van der Waals surface area contributed by atoms with Crippen LogP contribution in [-0.2, 0) is 0 Å². The van der Waals surface area contributed by atoms with Gasteiger partial charge < -0.3 is 9.47 Å². The Kier molecular flexibility index (Phi) is 3.51. The van der Waals surface area contributed by atoms with Crippen LogP contribution < -0.4 is 0 Å². The Bertz CT molecular complexity index is 673. The number of fused-ring (bicyclic) bond motifs is 4. The zero-order chi connectivity index (χ0) is 14.6. The highest BCUT2D eigenvalue weighted by Gasteiger charge is 2.37. The van der Waals surface area contributed by atoms with Crippen molar-refractivity contribution in [2.24, 2.45) is 5.92 Å². The minimum Gasteiger partial charge on any atom is -0.322 e. The van der Waals surface area contributed by atoms with Gasteiger partial charge in [0.15, 0.2) is 0 Å². The van der Waals surface area contributed by atoms with Gasteiger partial charge in [0.1, 0.15) is 5.82 Å². The number of hydrogen-bond acceptors (Lipinski definition) is 2. The summed E-state index contributed by atoms with van der Waals surface area (Å²) in [5, 5.41) is -0.0633. The Hall–Kier alpha value is -0.580. The van der Waals surface area contributed by atoms with E-state index in [0.29, 0.717) is 6.04 Å². The Morgan fingerprint density at radius 2 is 2.10 bits per heavy atom. The summed E-state index contributed by atoms with van der Waals surface area (Å²) in [4.78, 5) is 7.40. The highest BCUT2D eigenvalue weighted by atomic mass is 79.9. The largest absolute Gasteiger partial charge is 0.322 e. The maximum Gasteiger partial charge on any atom is 0.128 e. The van der Waals surface area contributed by atoms with Crippen molar-refractivity contribution in [2.45, 2.75) is 31.2 Å². The number of aromatic nitrogens is 2. The molecule has 3 fully saturated rings. The van der Waals surface area contributed by atoms with Gasteiger partial charge in [0.2, 0.25) is 0 Å². The van der Waals surface area contributed by atoms with Gasteiger partial charge >= 0.3 is 0 Å². The van der Waals surface area contributed by atoms with Crippen molar-refractivity contribution in [1.82, 2.24) is 14.5 Å². The predicted octanol–water partition coefficient (Wildman–Crippen LogP) is 4.37. The van der Waals surface area contributed by atoms with E-state index < -0.39 is 0 Å². The Labute approximate surface area is 138 Å². The second-order valence-corrected chi connectivity index (χ2v) is 7.86. The van der Waals surface area contributed by atoms with E-state index in [4.69, 9.17) is 16.6 Å². The average Bonchev–Trinajstić information content (AvgIpc) is 2.87. The molecule has 2 atom stereocenters. The number of imidazole rings is 1. The van der Waals surface area contributed by atoms with Crippen LogP contribution in [0.25, 0.3) is 11.0 Å². The number of piperidine rings is 3. The molecule has 0 saturated carbocycles. The van der Waals surface area contributed by atoms with Crippen molar-refractivity contribution >= 4 is 38.6 Å². The first-order valence-electron chi connectivity index (χ1n) is 7.67. The monoisotopic (exact) mass is 367 g/mol. The molecule has 3 aliphatic rings. The van der Waals surface area contributed by atoms with Crippen molar-refractivity contribution in [1.29, 1.82) is 0 Å². The third-order valence-electron chi connectivity index (χ3n) is 4.99. The topological polar surface area (TPSA) is 21.1 Å². The lowest BCUT2D eigenvalue weighted by Crippen LogP contribution is -2.48. The molecular weight excluding hydrogens is 350 g/mol. The van der Waals surface area contributed by atoms with Gasteiger partial charge in [-0.25, -0.2) is 4.98 Å². The molecule has 0 aliphatic carbocycles. The second-order valence-electron chi connectivity index (χ2n) is 6.29. The Morgan fingerprint density at radius 3 is 2.71 bits per heavy atom. The number of nitrogens with zero attached hydrogens (tertiary/aromatic N) is 3. The van der Waals surface area contributed by atoms with Gasteiger partial charge in [-0.15, -0.1) is 11.6 Å². The molecule has 0 amide bonds. The molecule has 2 unspecified atom stereocenters. The number of hydrogen-bond donors (Lipinski definition) is 0. The molecule has 0 spiro atoms. The first kappa shape index (κ1) is 14.0. The summed E-state index contributed by atoms with van der Waals surface area (Å²) in [5.74, 6) is 1.79. The predicted molar refractivity (Wildman–Crippen MR) is 89.9 cm³/mol. The summed E-state index contributed by atoms with van der Waals surface area (Å²) in [6, 6.07) is 6.89. The van der Waals surface area contributed by atoms with Gasteiger partial charge in [0.25, 0.3) is 0 Å². The third-order valence-corrected chi connectivity index (χ3v) is 5.68. The number of rotatable bonds is 2. The van der Waals surface area contributed by atoms with E-state index in [-0.39, 0.29) is 5.38 Å². The zero-order valence-corrected chi connectivity index (χ0v) is 14.4. The molecule has 4 heterocycles. The Balaban J connectivity index is 1.88. The maximum absolute atomic E-state index is 6.43. The van der Waals surface area contributed by atoms with Gasteiger partial charge in [-0.1, -0.05) is 15.9 Å². The van der Waals surface area contributed by atoms with Crippen LogP contribution in [0.4, 0.5) is 0 Å². The fraction of sp³-hybridized carbons (Fsp3) is 0.562. The molecule has 3 nitrogen and oxygen atoms in total. The van der Waals surface area contributed by atoms with Crippen molar-refractivity contribution in [2.75, 3.05) is 19.6 Å². The van der Waals surface area contributed by atoms with Gasteiger partial charge in [0, 0.05) is 11.0 Å². The van der Waals surface area contributed by atoms with Gasteiger partial charge in [-0.3, -0.25) is 0 Å². The lowest BCUT2D eigenvalue weighted by Gasteiger charge is -2.46. The Morgan fingerprint density at radius 1 is 1.33 bits per heavy atom. The van der Waals surface area contributed by atoms with Crippen LogP contribution in [0.15, 0.2) is 22.7 Å². The number of halogens is 2. The molecule has 2 aromatic rings. The third kappa shape index (κ3) is 2.32. The van der Waals surface area contributed by atoms with E-state index in [9.17, 15) is 0 Å². The lowest BCUT2D eigenvalue weighted by molar-refractivity contribution is 0.0575. The highest BCUT2D eigenvalue weighted by Crippen LogP contribution is 2.40. The van der Waals surface area contributed by atoms with Crippen LogP contribution in [0.1, 0.15) is 37.0 Å². The molecule has 0 N–H and O–H groups in total. The summed E-state index contributed by atoms with van der Waals surface area (Å²) in [7, 11) is 0. The summed E-state index contributed by atoms with van der Waals surface area (Å²) >= 11 is 9.97. The van der Waals surface area contributed by atoms with Crippen LogP contribution in [0.5, 0.6) is 0 Å². The quantitative estimate of drug-likeness (QED) is 0.734. The van der Waals surface area contributed by atoms with Crippen molar-refractivity contribution in [3.8, 4) is 0 Å². The highest BCUT2D eigenvalue weighted by molar-refractivity contribution is 9.10. The average molecular weight is 369 g/mol. The first-order valence-corrected chi connectivity index (χ1v) is 8.90. The van der Waals surface area contributed by atoms with Crippen LogP contribution in [-0.4, -0.2) is 34.1 Å². The van der Waals surface area contributed by atoms with Crippen molar-refractivity contribution < 1.29 is 0 Å². The van der Waals surface area contributed by atoms with E-state index in [1.807, 2.05) is 6.92 Å². The van der Waals surface area contributed by atoms with Crippen LogP contribution in [0, 0.1) is 5.92 Å². The molecule has 21 heavy (non-hydrogen) atoms. The van der Waals surface area contributed by atoms with Crippen molar-refractivity contribution in [3.05, 3.63) is 28.5 Å². The summed E-state index contributed by atoms with van der Waals surface area (Å²) < 4.78 is 3.50. The molecule has 3 saturated heterocycles. The standard InChI is InChI=1S/C16H19BrClN3/c1-10(18)16-19-13-8-12(17)2-3-14(13)21(16)15-9-20-6-4-11(15)5-7-20/h2-3,8,10-11,15H,4-7,9H2,1H3. The van der Waals surface area contributed by atoms with E-state index in [0.717, 1.165) is 28.3 Å². The minimum absolute atomic E-state index is 0.0633. The fourth-order valence-corrected chi connectivity index (χ4v) is 4.45. The van der Waals surface area contributed by atoms with Gasteiger partial charge in [0.05, 0.1) is 22.5 Å². The van der Waals surface area contributed by atoms with Crippen LogP contribution >= 0.6 is 27.5 Å².